The zero-order valence-corrected chi connectivity index (χ0v) is 12.1. The zero-order chi connectivity index (χ0) is 13.7. The molecule has 0 spiro atoms. The smallest absolute Gasteiger partial charge is 0.220 e. The summed E-state index contributed by atoms with van der Waals surface area (Å²) in [5.74, 6) is 0.0797. The van der Waals surface area contributed by atoms with Gasteiger partial charge in [0.2, 0.25) is 5.91 Å². The van der Waals surface area contributed by atoms with Crippen LogP contribution in [0.25, 0.3) is 0 Å². The second kappa shape index (κ2) is 6.48. The molecule has 1 amide bonds. The van der Waals surface area contributed by atoms with Crippen LogP contribution in [-0.2, 0) is 17.8 Å². The molecule has 0 fully saturated rings. The summed E-state index contributed by atoms with van der Waals surface area (Å²) in [6, 6.07) is 8.18. The van der Waals surface area contributed by atoms with Gasteiger partial charge in [-0.05, 0) is 31.4 Å². The van der Waals surface area contributed by atoms with Crippen molar-refractivity contribution in [3.05, 3.63) is 51.5 Å². The summed E-state index contributed by atoms with van der Waals surface area (Å²) in [5, 5.41) is 5.87. The molecule has 0 bridgehead atoms. The van der Waals surface area contributed by atoms with Crippen LogP contribution in [0.15, 0.2) is 29.6 Å². The van der Waals surface area contributed by atoms with Crippen LogP contribution in [0.4, 0.5) is 0 Å². The molecule has 3 nitrogen and oxygen atoms in total. The second-order valence-corrected chi connectivity index (χ2v) is 5.53. The minimum atomic E-state index is 0.0797. The van der Waals surface area contributed by atoms with E-state index in [-0.39, 0.29) is 5.91 Å². The van der Waals surface area contributed by atoms with Gasteiger partial charge in [0, 0.05) is 17.5 Å². The van der Waals surface area contributed by atoms with E-state index in [1.54, 1.807) is 11.3 Å². The van der Waals surface area contributed by atoms with Crippen molar-refractivity contribution in [1.82, 2.24) is 10.3 Å². The summed E-state index contributed by atoms with van der Waals surface area (Å²) in [6.07, 6.45) is 1.31. The molecule has 2 aromatic rings. The van der Waals surface area contributed by atoms with E-state index in [1.165, 1.54) is 11.1 Å². The molecule has 0 saturated heterocycles. The molecule has 0 aliphatic rings. The molecule has 4 heteroatoms. The van der Waals surface area contributed by atoms with Crippen molar-refractivity contribution in [3.8, 4) is 0 Å². The molecule has 0 aliphatic carbocycles. The van der Waals surface area contributed by atoms with E-state index in [9.17, 15) is 4.79 Å². The number of carbonyl (C=O) groups excluding carboxylic acids is 1. The lowest BCUT2D eigenvalue weighted by Crippen LogP contribution is -2.23. The number of rotatable bonds is 5. The van der Waals surface area contributed by atoms with Crippen LogP contribution in [0, 0.1) is 13.8 Å². The number of carbonyl (C=O) groups is 1. The first-order valence-corrected chi connectivity index (χ1v) is 7.25. The van der Waals surface area contributed by atoms with E-state index in [4.69, 9.17) is 0 Å². The van der Waals surface area contributed by atoms with Gasteiger partial charge in [-0.25, -0.2) is 4.98 Å². The maximum atomic E-state index is 11.8. The molecule has 1 N–H and O–H groups in total. The SMILES string of the molecule is Cc1csc(CNC(=O)CCc2ccccc2C)n1. The Bertz CT molecular complexity index is 563. The molecule has 1 aromatic carbocycles. The van der Waals surface area contributed by atoms with Gasteiger partial charge in [-0.2, -0.15) is 0 Å². The number of thiazole rings is 1. The molecular weight excluding hydrogens is 256 g/mol. The van der Waals surface area contributed by atoms with Gasteiger partial charge in [0.25, 0.3) is 0 Å². The molecule has 0 radical (unpaired) electrons. The van der Waals surface area contributed by atoms with Crippen LogP contribution in [0.5, 0.6) is 0 Å². The molecule has 0 atom stereocenters. The number of hydrogen-bond donors (Lipinski definition) is 1. The Morgan fingerprint density at radius 3 is 2.79 bits per heavy atom. The largest absolute Gasteiger partial charge is 0.350 e. The molecule has 1 heterocycles. The molecule has 0 unspecified atom stereocenters. The van der Waals surface area contributed by atoms with E-state index in [0.29, 0.717) is 13.0 Å². The molecular formula is C15H18N2OS. The lowest BCUT2D eigenvalue weighted by Gasteiger charge is -2.06. The highest BCUT2D eigenvalue weighted by atomic mass is 32.1. The van der Waals surface area contributed by atoms with E-state index < -0.39 is 0 Å². The van der Waals surface area contributed by atoms with Crippen LogP contribution in [-0.4, -0.2) is 10.9 Å². The number of aromatic nitrogens is 1. The number of amides is 1. The van der Waals surface area contributed by atoms with Crippen LogP contribution in [0.3, 0.4) is 0 Å². The van der Waals surface area contributed by atoms with E-state index in [0.717, 1.165) is 17.1 Å². The fraction of sp³-hybridized carbons (Fsp3) is 0.333. The van der Waals surface area contributed by atoms with E-state index >= 15 is 0 Å². The van der Waals surface area contributed by atoms with Gasteiger partial charge < -0.3 is 5.32 Å². The molecule has 1 aromatic heterocycles. The first-order valence-electron chi connectivity index (χ1n) is 6.37. The van der Waals surface area contributed by atoms with Crippen molar-refractivity contribution in [3.63, 3.8) is 0 Å². The highest BCUT2D eigenvalue weighted by Crippen LogP contribution is 2.10. The molecule has 0 aliphatic heterocycles. The van der Waals surface area contributed by atoms with Crippen molar-refractivity contribution in [2.45, 2.75) is 33.2 Å². The number of nitrogens with one attached hydrogen (secondary N) is 1. The van der Waals surface area contributed by atoms with Crippen molar-refractivity contribution in [2.24, 2.45) is 0 Å². The lowest BCUT2D eigenvalue weighted by molar-refractivity contribution is -0.121. The van der Waals surface area contributed by atoms with E-state index in [2.05, 4.69) is 29.4 Å². The summed E-state index contributed by atoms with van der Waals surface area (Å²) >= 11 is 1.58. The summed E-state index contributed by atoms with van der Waals surface area (Å²) in [4.78, 5) is 16.1. The maximum absolute atomic E-state index is 11.8. The van der Waals surface area contributed by atoms with Gasteiger partial charge in [0.15, 0.2) is 0 Å². The average Bonchev–Trinajstić information content (AvgIpc) is 2.81. The monoisotopic (exact) mass is 274 g/mol. The summed E-state index contributed by atoms with van der Waals surface area (Å²) in [7, 11) is 0. The first kappa shape index (κ1) is 13.7. The summed E-state index contributed by atoms with van der Waals surface area (Å²) in [5.41, 5.74) is 3.49. The number of aryl methyl sites for hydroxylation is 3. The highest BCUT2D eigenvalue weighted by Gasteiger charge is 2.05. The second-order valence-electron chi connectivity index (χ2n) is 4.59. The van der Waals surface area contributed by atoms with Crippen molar-refractivity contribution in [2.75, 3.05) is 0 Å². The van der Waals surface area contributed by atoms with Gasteiger partial charge in [-0.1, -0.05) is 24.3 Å². The maximum Gasteiger partial charge on any atom is 0.220 e. The molecule has 19 heavy (non-hydrogen) atoms. The fourth-order valence-corrected chi connectivity index (χ4v) is 2.60. The average molecular weight is 274 g/mol. The molecule has 0 saturated carbocycles. The van der Waals surface area contributed by atoms with Crippen molar-refractivity contribution in [1.29, 1.82) is 0 Å². The highest BCUT2D eigenvalue weighted by molar-refractivity contribution is 7.09. The van der Waals surface area contributed by atoms with E-state index in [1.807, 2.05) is 24.4 Å². The Morgan fingerprint density at radius 2 is 2.11 bits per heavy atom. The van der Waals surface area contributed by atoms with Crippen LogP contribution < -0.4 is 5.32 Å². The Kier molecular flexibility index (Phi) is 4.68. The van der Waals surface area contributed by atoms with Crippen molar-refractivity contribution >= 4 is 17.2 Å². The fourth-order valence-electron chi connectivity index (χ4n) is 1.89. The van der Waals surface area contributed by atoms with Crippen LogP contribution >= 0.6 is 11.3 Å². The normalized spacial score (nSPS) is 10.4. The Balaban J connectivity index is 1.77. The third-order valence-electron chi connectivity index (χ3n) is 2.99. The Morgan fingerprint density at radius 1 is 1.32 bits per heavy atom. The summed E-state index contributed by atoms with van der Waals surface area (Å²) in [6.45, 7) is 4.57. The zero-order valence-electron chi connectivity index (χ0n) is 11.3. The predicted octanol–water partition coefficient (Wildman–Crippen LogP) is 3.01. The topological polar surface area (TPSA) is 42.0 Å². The molecule has 2 rings (SSSR count). The minimum Gasteiger partial charge on any atom is -0.350 e. The van der Waals surface area contributed by atoms with Crippen LogP contribution in [0.1, 0.15) is 28.2 Å². The van der Waals surface area contributed by atoms with Crippen molar-refractivity contribution < 1.29 is 4.79 Å². The minimum absolute atomic E-state index is 0.0797. The molecule has 100 valence electrons. The standard InChI is InChI=1S/C15H18N2OS/c1-11-5-3-4-6-13(11)7-8-14(18)16-9-15-17-12(2)10-19-15/h3-6,10H,7-9H2,1-2H3,(H,16,18). The lowest BCUT2D eigenvalue weighted by atomic mass is 10.0. The summed E-state index contributed by atoms with van der Waals surface area (Å²) < 4.78 is 0. The number of hydrogen-bond acceptors (Lipinski definition) is 3. The van der Waals surface area contributed by atoms with Gasteiger partial charge in [-0.3, -0.25) is 4.79 Å². The van der Waals surface area contributed by atoms with Gasteiger partial charge in [-0.15, -0.1) is 11.3 Å². The Hall–Kier alpha value is -1.68. The third-order valence-corrected chi connectivity index (χ3v) is 3.95. The van der Waals surface area contributed by atoms with Gasteiger partial charge in [0.1, 0.15) is 5.01 Å². The first-order chi connectivity index (χ1) is 9.15. The van der Waals surface area contributed by atoms with Crippen LogP contribution in [0.2, 0.25) is 0 Å². The third kappa shape index (κ3) is 4.17. The quantitative estimate of drug-likeness (QED) is 0.910. The number of nitrogens with zero attached hydrogens (tertiary/aromatic N) is 1. The van der Waals surface area contributed by atoms with Gasteiger partial charge >= 0.3 is 0 Å². The predicted molar refractivity (Wildman–Crippen MR) is 78.2 cm³/mol. The Labute approximate surface area is 117 Å². The van der Waals surface area contributed by atoms with Gasteiger partial charge in [0.05, 0.1) is 6.54 Å². The number of benzene rings is 1.